The summed E-state index contributed by atoms with van der Waals surface area (Å²) in [5.41, 5.74) is 2.15. The number of halogens is 1. The maximum Gasteiger partial charge on any atom is 0.323 e. The number of anilines is 2. The predicted molar refractivity (Wildman–Crippen MR) is 185 cm³/mol. The van der Waals surface area contributed by atoms with Gasteiger partial charge in [-0.3, -0.25) is 9.69 Å². The van der Waals surface area contributed by atoms with E-state index < -0.39 is 17.9 Å². The van der Waals surface area contributed by atoms with E-state index in [1.54, 1.807) is 30.0 Å². The monoisotopic (exact) mass is 678 g/mol. The Morgan fingerprint density at radius 1 is 1.00 bits per heavy atom. The molecule has 12 heteroatoms. The first kappa shape index (κ1) is 35.9. The van der Waals surface area contributed by atoms with Crippen LogP contribution in [0, 0.1) is 11.7 Å². The second-order valence-corrected chi connectivity index (χ2v) is 13.0. The van der Waals surface area contributed by atoms with Crippen LogP contribution in [0.2, 0.25) is 0 Å². The van der Waals surface area contributed by atoms with Gasteiger partial charge in [0.05, 0.1) is 30.4 Å². The minimum atomic E-state index is -0.548. The molecule has 2 aliphatic rings. The summed E-state index contributed by atoms with van der Waals surface area (Å²) < 4.78 is 37.1. The molecule has 3 N–H and O–H groups in total. The summed E-state index contributed by atoms with van der Waals surface area (Å²) in [5, 5.41) is 15.7. The summed E-state index contributed by atoms with van der Waals surface area (Å²) in [5.74, 6) is 1.06. The van der Waals surface area contributed by atoms with Gasteiger partial charge < -0.3 is 39.6 Å². The fourth-order valence-electron chi connectivity index (χ4n) is 6.01. The van der Waals surface area contributed by atoms with Gasteiger partial charge in [0.2, 0.25) is 6.79 Å². The zero-order chi connectivity index (χ0) is 34.9. The van der Waals surface area contributed by atoms with Gasteiger partial charge in [0.25, 0.3) is 5.91 Å². The molecule has 49 heavy (non-hydrogen) atoms. The lowest BCUT2D eigenvalue weighted by molar-refractivity contribution is -0.0177. The molecule has 264 valence electrons. The molecule has 0 bridgehead atoms. The average molecular weight is 679 g/mol. The van der Waals surface area contributed by atoms with Crippen molar-refractivity contribution in [1.82, 2.24) is 9.80 Å². The lowest BCUT2D eigenvalue weighted by Gasteiger charge is -2.36. The first-order chi connectivity index (χ1) is 23.6. The minimum Gasteiger partial charge on any atom is -0.490 e. The largest absolute Gasteiger partial charge is 0.490 e. The molecule has 0 unspecified atom stereocenters. The van der Waals surface area contributed by atoms with E-state index in [1.807, 2.05) is 32.2 Å². The normalized spacial score (nSPS) is 20.6. The van der Waals surface area contributed by atoms with Crippen molar-refractivity contribution in [2.45, 2.75) is 64.8 Å². The van der Waals surface area contributed by atoms with Crippen LogP contribution in [-0.4, -0.2) is 85.2 Å². The standard InChI is InChI=1S/C37H47FN4O7/c1-24-19-42(25(2)22-43)36(44)31-18-30(40-37(45)39-29-11-9-28(38)10-12-29)13-15-32(31)49-26(3)7-5-6-16-46-35(24)21-41(4)20-27-8-14-33-34(17-27)48-23-47-33/h8-15,17-18,24-26,35,43H,5-7,16,19-23H2,1-4H3,(H2,39,40,45)/t24-,25+,26-,35-/m0/s1. The highest BCUT2D eigenvalue weighted by Gasteiger charge is 2.30. The van der Waals surface area contributed by atoms with Gasteiger partial charge >= 0.3 is 6.03 Å². The van der Waals surface area contributed by atoms with E-state index in [4.69, 9.17) is 18.9 Å². The second-order valence-electron chi connectivity index (χ2n) is 13.0. The van der Waals surface area contributed by atoms with Gasteiger partial charge in [-0.05, 0) is 100 Å². The van der Waals surface area contributed by atoms with Crippen LogP contribution in [0.1, 0.15) is 56.0 Å². The van der Waals surface area contributed by atoms with Crippen molar-refractivity contribution in [3.8, 4) is 17.2 Å². The van der Waals surface area contributed by atoms with E-state index in [0.717, 1.165) is 36.3 Å². The number of carbonyl (C=O) groups excluding carboxylic acids is 2. The summed E-state index contributed by atoms with van der Waals surface area (Å²) in [7, 11) is 2.04. The van der Waals surface area contributed by atoms with Crippen molar-refractivity contribution in [3.63, 3.8) is 0 Å². The number of amides is 3. The SMILES string of the molecule is C[C@H](CO)N1C[C@H](C)[C@H](CN(C)Cc2ccc3c(c2)OCO3)OCCCC[C@H](C)Oc2ccc(NC(=O)Nc3ccc(F)cc3)cc2C1=O. The number of hydrogen-bond acceptors (Lipinski definition) is 8. The van der Waals surface area contributed by atoms with Crippen LogP contribution < -0.4 is 24.8 Å². The molecular weight excluding hydrogens is 631 g/mol. The fraction of sp³-hybridized carbons (Fsp3) is 0.459. The first-order valence-electron chi connectivity index (χ1n) is 16.8. The molecule has 0 spiro atoms. The number of urea groups is 1. The molecule has 0 fully saturated rings. The Bertz CT molecular complexity index is 1570. The molecule has 0 radical (unpaired) electrons. The molecule has 5 rings (SSSR count). The summed E-state index contributed by atoms with van der Waals surface area (Å²) in [4.78, 5) is 31.0. The van der Waals surface area contributed by atoms with E-state index in [0.29, 0.717) is 43.4 Å². The molecule has 0 aromatic heterocycles. The van der Waals surface area contributed by atoms with Gasteiger partial charge in [0.1, 0.15) is 11.6 Å². The number of hydrogen-bond donors (Lipinski definition) is 3. The molecule has 3 amide bonds. The lowest BCUT2D eigenvalue weighted by atomic mass is 10.0. The van der Waals surface area contributed by atoms with E-state index in [2.05, 4.69) is 22.5 Å². The maximum atomic E-state index is 14.4. The van der Waals surface area contributed by atoms with Crippen LogP contribution >= 0.6 is 0 Å². The molecule has 0 aliphatic carbocycles. The van der Waals surface area contributed by atoms with Crippen LogP contribution in [0.4, 0.5) is 20.6 Å². The molecular formula is C37H47FN4O7. The Hall–Kier alpha value is -4.39. The average Bonchev–Trinajstić information content (AvgIpc) is 3.55. The highest BCUT2D eigenvalue weighted by atomic mass is 19.1. The van der Waals surface area contributed by atoms with E-state index in [-0.39, 0.29) is 43.0 Å². The number of aliphatic hydroxyl groups excluding tert-OH is 1. The quantitative estimate of drug-likeness (QED) is 0.261. The van der Waals surface area contributed by atoms with E-state index in [1.165, 1.54) is 24.3 Å². The molecule has 11 nitrogen and oxygen atoms in total. The number of fused-ring (bicyclic) bond motifs is 2. The first-order valence-corrected chi connectivity index (χ1v) is 16.8. The third-order valence-electron chi connectivity index (χ3n) is 8.79. The molecule has 4 atom stereocenters. The third-order valence-corrected chi connectivity index (χ3v) is 8.79. The number of nitrogens with one attached hydrogen (secondary N) is 2. The molecule has 0 saturated carbocycles. The van der Waals surface area contributed by atoms with Crippen LogP contribution in [0.15, 0.2) is 60.7 Å². The van der Waals surface area contributed by atoms with E-state index in [9.17, 15) is 19.1 Å². The van der Waals surface area contributed by atoms with Crippen molar-refractivity contribution in [1.29, 1.82) is 0 Å². The lowest BCUT2D eigenvalue weighted by Crippen LogP contribution is -2.47. The van der Waals surface area contributed by atoms with Crippen LogP contribution in [0.3, 0.4) is 0 Å². The summed E-state index contributed by atoms with van der Waals surface area (Å²) in [6.45, 7) is 8.01. The molecule has 0 saturated heterocycles. The maximum absolute atomic E-state index is 14.4. The second kappa shape index (κ2) is 16.8. The third kappa shape index (κ3) is 9.84. The van der Waals surface area contributed by atoms with Gasteiger partial charge in [-0.1, -0.05) is 13.0 Å². The van der Waals surface area contributed by atoms with Crippen molar-refractivity contribution < 1.29 is 38.0 Å². The minimum absolute atomic E-state index is 0.0915. The van der Waals surface area contributed by atoms with Crippen LogP contribution in [0.25, 0.3) is 0 Å². The molecule has 3 aromatic carbocycles. The number of nitrogens with zero attached hydrogens (tertiary/aromatic N) is 2. The smallest absolute Gasteiger partial charge is 0.323 e. The molecule has 2 heterocycles. The van der Waals surface area contributed by atoms with Crippen molar-refractivity contribution in [3.05, 3.63) is 77.6 Å². The Labute approximate surface area is 287 Å². The molecule has 2 aliphatic heterocycles. The number of rotatable bonds is 8. The Morgan fingerprint density at radius 3 is 2.49 bits per heavy atom. The topological polar surface area (TPSA) is 122 Å². The number of aliphatic hydroxyl groups is 1. The highest BCUT2D eigenvalue weighted by molar-refractivity contribution is 6.02. The van der Waals surface area contributed by atoms with Gasteiger partial charge in [-0.2, -0.15) is 0 Å². The van der Waals surface area contributed by atoms with Crippen molar-refractivity contribution in [2.75, 3.05) is 50.8 Å². The fourth-order valence-corrected chi connectivity index (χ4v) is 6.01. The zero-order valence-corrected chi connectivity index (χ0v) is 28.6. The number of likely N-dealkylation sites (N-methyl/N-ethyl adjacent to an activating group) is 1. The summed E-state index contributed by atoms with van der Waals surface area (Å²) in [6.07, 6.45) is 2.13. The van der Waals surface area contributed by atoms with Gasteiger partial charge in [-0.15, -0.1) is 0 Å². The van der Waals surface area contributed by atoms with Crippen LogP contribution in [0.5, 0.6) is 17.2 Å². The Kier molecular flexibility index (Phi) is 12.3. The Morgan fingerprint density at radius 2 is 1.71 bits per heavy atom. The van der Waals surface area contributed by atoms with Crippen LogP contribution in [-0.2, 0) is 11.3 Å². The van der Waals surface area contributed by atoms with Gasteiger partial charge in [0.15, 0.2) is 11.5 Å². The number of ether oxygens (including phenoxy) is 4. The number of carbonyl (C=O) groups is 2. The van der Waals surface area contributed by atoms with Gasteiger partial charge in [0, 0.05) is 43.5 Å². The van der Waals surface area contributed by atoms with Crippen molar-refractivity contribution in [2.24, 2.45) is 5.92 Å². The highest BCUT2D eigenvalue weighted by Crippen LogP contribution is 2.33. The van der Waals surface area contributed by atoms with Crippen molar-refractivity contribution >= 4 is 23.3 Å². The summed E-state index contributed by atoms with van der Waals surface area (Å²) >= 11 is 0. The zero-order valence-electron chi connectivity index (χ0n) is 28.6. The summed E-state index contributed by atoms with van der Waals surface area (Å²) in [6, 6.07) is 15.3. The molecule has 3 aromatic rings. The van der Waals surface area contributed by atoms with E-state index >= 15 is 0 Å². The van der Waals surface area contributed by atoms with Gasteiger partial charge in [-0.25, -0.2) is 9.18 Å². The Balaban J connectivity index is 1.36. The number of benzene rings is 3. The predicted octanol–water partition coefficient (Wildman–Crippen LogP) is 6.13.